The highest BCUT2D eigenvalue weighted by atomic mass is 16.2. The van der Waals surface area contributed by atoms with Crippen LogP contribution in [0.3, 0.4) is 0 Å². The number of nitrogens with zero attached hydrogens (tertiary/aromatic N) is 5. The van der Waals surface area contributed by atoms with Crippen LogP contribution in [-0.2, 0) is 11.3 Å². The van der Waals surface area contributed by atoms with E-state index in [9.17, 15) is 9.59 Å². The molecule has 7 heteroatoms. The van der Waals surface area contributed by atoms with Crippen molar-refractivity contribution in [2.45, 2.75) is 45.6 Å². The first-order valence-corrected chi connectivity index (χ1v) is 10.9. The molecular formula is C25H27N5O2. The minimum Gasteiger partial charge on any atom is -0.308 e. The number of fused-ring (bicyclic) bond motifs is 3. The molecule has 3 amide bonds. The Kier molecular flexibility index (Phi) is 4.77. The molecule has 0 N–H and O–H groups in total. The molecule has 2 aromatic carbocycles. The van der Waals surface area contributed by atoms with Gasteiger partial charge in [0, 0.05) is 18.9 Å². The van der Waals surface area contributed by atoms with Crippen molar-refractivity contribution >= 4 is 17.9 Å². The average Bonchev–Trinajstić information content (AvgIpc) is 3.31. The number of allylic oxidation sites excluding steroid dienone is 1. The summed E-state index contributed by atoms with van der Waals surface area (Å²) in [5, 5.41) is 0. The number of benzene rings is 2. The molecule has 32 heavy (non-hydrogen) atoms. The number of likely N-dealkylation sites (N-methyl/N-ethyl adjacent to an activating group) is 1. The highest BCUT2D eigenvalue weighted by Gasteiger charge is 2.54. The molecule has 3 aliphatic heterocycles. The van der Waals surface area contributed by atoms with Crippen molar-refractivity contribution in [3.63, 3.8) is 0 Å². The highest BCUT2D eigenvalue weighted by Crippen LogP contribution is 2.38. The number of carbonyl (C=O) groups is 2. The first-order valence-electron chi connectivity index (χ1n) is 10.9. The highest BCUT2D eigenvalue weighted by molar-refractivity contribution is 6.04. The third-order valence-electron chi connectivity index (χ3n) is 6.69. The molecule has 0 bridgehead atoms. The first-order chi connectivity index (χ1) is 15.4. The van der Waals surface area contributed by atoms with Gasteiger partial charge in [-0.25, -0.2) is 9.79 Å². The number of rotatable bonds is 4. The van der Waals surface area contributed by atoms with Crippen LogP contribution in [0.15, 0.2) is 71.5 Å². The number of carbonyl (C=O) groups excluding carboxylic acids is 2. The van der Waals surface area contributed by atoms with Crippen molar-refractivity contribution in [1.82, 2.24) is 19.6 Å². The maximum atomic E-state index is 13.6. The zero-order chi connectivity index (χ0) is 22.6. The van der Waals surface area contributed by atoms with E-state index in [0.29, 0.717) is 0 Å². The van der Waals surface area contributed by atoms with E-state index in [1.54, 1.807) is 11.9 Å². The predicted molar refractivity (Wildman–Crippen MR) is 122 cm³/mol. The molecule has 3 unspecified atom stereocenters. The fraction of sp³-hybridized carbons (Fsp3) is 0.320. The van der Waals surface area contributed by atoms with E-state index in [0.717, 1.165) is 28.3 Å². The number of urea groups is 1. The summed E-state index contributed by atoms with van der Waals surface area (Å²) in [4.78, 5) is 38.6. The molecule has 1 fully saturated rings. The predicted octanol–water partition coefficient (Wildman–Crippen LogP) is 3.69. The molecule has 7 nitrogen and oxygen atoms in total. The standard InChI is InChI=1S/C25H27N5O2/c1-16-10-8-9-13-20(16)15-29-23(31)21-22(27(4)25(29)32)26-24-28(21)14-17(2)30(24)18(3)19-11-6-5-7-12-19/h5-14,18,21-22H,15H2,1-4H3. The molecule has 0 radical (unpaired) electrons. The van der Waals surface area contributed by atoms with Gasteiger partial charge in [-0.3, -0.25) is 9.69 Å². The zero-order valence-electron chi connectivity index (χ0n) is 18.8. The summed E-state index contributed by atoms with van der Waals surface area (Å²) < 4.78 is 0. The van der Waals surface area contributed by atoms with Crippen LogP contribution in [-0.4, -0.2) is 56.8 Å². The smallest absolute Gasteiger partial charge is 0.308 e. The van der Waals surface area contributed by atoms with Gasteiger partial charge in [0.05, 0.1) is 12.6 Å². The molecule has 2 aromatic rings. The molecule has 3 heterocycles. The number of aliphatic imine (C=N–C) groups is 1. The van der Waals surface area contributed by atoms with Gasteiger partial charge in [-0.05, 0) is 37.5 Å². The Balaban J connectivity index is 1.46. The summed E-state index contributed by atoms with van der Waals surface area (Å²) >= 11 is 0. The van der Waals surface area contributed by atoms with Crippen LogP contribution >= 0.6 is 0 Å². The van der Waals surface area contributed by atoms with E-state index in [1.165, 1.54) is 4.90 Å². The van der Waals surface area contributed by atoms with Gasteiger partial charge in [0.25, 0.3) is 5.91 Å². The summed E-state index contributed by atoms with van der Waals surface area (Å²) in [7, 11) is 1.73. The Morgan fingerprint density at radius 1 is 1.00 bits per heavy atom. The fourth-order valence-electron chi connectivity index (χ4n) is 4.83. The van der Waals surface area contributed by atoms with Crippen LogP contribution in [0.4, 0.5) is 4.79 Å². The second-order valence-corrected chi connectivity index (χ2v) is 8.67. The van der Waals surface area contributed by atoms with Gasteiger partial charge in [0.2, 0.25) is 5.96 Å². The lowest BCUT2D eigenvalue weighted by molar-refractivity contribution is -0.137. The third-order valence-corrected chi connectivity index (χ3v) is 6.69. The quantitative estimate of drug-likeness (QED) is 0.744. The Morgan fingerprint density at radius 2 is 1.69 bits per heavy atom. The minimum atomic E-state index is -0.556. The number of hydrogen-bond donors (Lipinski definition) is 0. The van der Waals surface area contributed by atoms with E-state index in [-0.39, 0.29) is 24.5 Å². The van der Waals surface area contributed by atoms with E-state index >= 15 is 0 Å². The van der Waals surface area contributed by atoms with Crippen LogP contribution < -0.4 is 0 Å². The normalized spacial score (nSPS) is 23.2. The van der Waals surface area contributed by atoms with Gasteiger partial charge in [0.15, 0.2) is 12.2 Å². The number of amides is 3. The fourth-order valence-corrected chi connectivity index (χ4v) is 4.83. The van der Waals surface area contributed by atoms with Crippen molar-refractivity contribution in [1.29, 1.82) is 0 Å². The SMILES string of the molecule is CC1=CN2C(=NC3C2C(=O)N(Cc2ccccc2C)C(=O)N3C)N1C(C)c1ccccc1. The lowest BCUT2D eigenvalue weighted by Gasteiger charge is -2.40. The van der Waals surface area contributed by atoms with Gasteiger partial charge in [-0.1, -0.05) is 54.6 Å². The second-order valence-electron chi connectivity index (χ2n) is 8.67. The van der Waals surface area contributed by atoms with Crippen LogP contribution in [0.5, 0.6) is 0 Å². The monoisotopic (exact) mass is 429 g/mol. The number of imide groups is 1. The van der Waals surface area contributed by atoms with Crippen molar-refractivity contribution < 1.29 is 9.59 Å². The molecule has 0 spiro atoms. The molecule has 0 aliphatic carbocycles. The summed E-state index contributed by atoms with van der Waals surface area (Å²) in [6, 6.07) is 17.2. The van der Waals surface area contributed by atoms with Crippen LogP contribution in [0.1, 0.15) is 36.6 Å². The number of guanidine groups is 1. The molecular weight excluding hydrogens is 402 g/mol. The van der Waals surface area contributed by atoms with Gasteiger partial charge >= 0.3 is 6.03 Å². The van der Waals surface area contributed by atoms with Crippen LogP contribution in [0, 0.1) is 6.92 Å². The minimum absolute atomic E-state index is 0.0514. The third kappa shape index (κ3) is 2.99. The maximum absolute atomic E-state index is 13.6. The summed E-state index contributed by atoms with van der Waals surface area (Å²) in [6.45, 7) is 6.41. The van der Waals surface area contributed by atoms with Crippen LogP contribution in [0.25, 0.3) is 0 Å². The lowest BCUT2D eigenvalue weighted by atomic mass is 10.1. The molecule has 3 aliphatic rings. The Morgan fingerprint density at radius 3 is 2.41 bits per heavy atom. The lowest BCUT2D eigenvalue weighted by Crippen LogP contribution is -2.63. The summed E-state index contributed by atoms with van der Waals surface area (Å²) in [6.07, 6.45) is 1.45. The van der Waals surface area contributed by atoms with Crippen LogP contribution in [0.2, 0.25) is 0 Å². The van der Waals surface area contributed by atoms with Crippen molar-refractivity contribution in [3.8, 4) is 0 Å². The molecule has 1 saturated heterocycles. The Hall–Kier alpha value is -3.61. The van der Waals surface area contributed by atoms with E-state index < -0.39 is 12.2 Å². The Labute approximate surface area is 188 Å². The maximum Gasteiger partial charge on any atom is 0.328 e. The summed E-state index contributed by atoms with van der Waals surface area (Å²) in [5.41, 5.74) is 4.21. The van der Waals surface area contributed by atoms with E-state index in [2.05, 4.69) is 24.0 Å². The first kappa shape index (κ1) is 20.3. The van der Waals surface area contributed by atoms with Gasteiger partial charge in [-0.15, -0.1) is 0 Å². The largest absolute Gasteiger partial charge is 0.328 e. The van der Waals surface area contributed by atoms with Crippen molar-refractivity contribution in [3.05, 3.63) is 83.2 Å². The average molecular weight is 430 g/mol. The van der Waals surface area contributed by atoms with Crippen molar-refractivity contribution in [2.24, 2.45) is 4.99 Å². The number of aryl methyl sites for hydroxylation is 1. The number of hydrogen-bond acceptors (Lipinski definition) is 5. The second kappa shape index (κ2) is 7.51. The van der Waals surface area contributed by atoms with Gasteiger partial charge in [0.1, 0.15) is 0 Å². The molecule has 3 atom stereocenters. The molecule has 0 aromatic heterocycles. The van der Waals surface area contributed by atoms with E-state index in [4.69, 9.17) is 4.99 Å². The van der Waals surface area contributed by atoms with Gasteiger partial charge < -0.3 is 14.7 Å². The van der Waals surface area contributed by atoms with E-state index in [1.807, 2.05) is 67.4 Å². The van der Waals surface area contributed by atoms with Crippen molar-refractivity contribution in [2.75, 3.05) is 7.05 Å². The molecule has 5 rings (SSSR count). The topological polar surface area (TPSA) is 59.5 Å². The Bertz CT molecular complexity index is 1140. The molecule has 0 saturated carbocycles. The summed E-state index contributed by atoms with van der Waals surface area (Å²) in [5.74, 6) is 0.512. The molecule has 164 valence electrons. The zero-order valence-corrected chi connectivity index (χ0v) is 18.8. The van der Waals surface area contributed by atoms with Gasteiger partial charge in [-0.2, -0.15) is 0 Å².